The van der Waals surface area contributed by atoms with Crippen LogP contribution in [0.2, 0.25) is 0 Å². The number of alkyl halides is 5. The zero-order valence-corrected chi connectivity index (χ0v) is 21.1. The van der Waals surface area contributed by atoms with Crippen molar-refractivity contribution in [2.24, 2.45) is 29.6 Å². The summed E-state index contributed by atoms with van der Waals surface area (Å²) >= 11 is 0. The Morgan fingerprint density at radius 3 is 2.09 bits per heavy atom. The van der Waals surface area contributed by atoms with Crippen LogP contribution in [-0.4, -0.2) is 31.1 Å². The molecule has 0 heterocycles. The quantitative estimate of drug-likeness (QED) is 0.169. The lowest BCUT2D eigenvalue weighted by Gasteiger charge is -2.42. The van der Waals surface area contributed by atoms with Crippen LogP contribution in [0.5, 0.6) is 0 Å². The number of carbonyl (C=O) groups excluding carboxylic acids is 1. The number of hydrogen-bond acceptors (Lipinski definition) is 2. The highest BCUT2D eigenvalue weighted by molar-refractivity contribution is 5.70. The Hall–Kier alpha value is -1.24. The summed E-state index contributed by atoms with van der Waals surface area (Å²) in [7, 11) is 0. The first-order valence-corrected chi connectivity index (χ1v) is 13.6. The Morgan fingerprint density at radius 2 is 1.60 bits per heavy atom. The first-order valence-electron chi connectivity index (χ1n) is 13.6. The lowest BCUT2D eigenvalue weighted by Crippen LogP contribution is -2.50. The second-order valence-corrected chi connectivity index (χ2v) is 10.8. The van der Waals surface area contributed by atoms with E-state index in [4.69, 9.17) is 4.74 Å². The van der Waals surface area contributed by atoms with Crippen LogP contribution in [0.3, 0.4) is 0 Å². The largest absolute Gasteiger partial charge is 0.413 e. The molecular formula is C28H41F5O2. The molecule has 2 unspecified atom stereocenters. The van der Waals surface area contributed by atoms with Gasteiger partial charge in [0, 0.05) is 12.2 Å². The van der Waals surface area contributed by atoms with E-state index in [1.54, 1.807) is 0 Å². The van der Waals surface area contributed by atoms with Gasteiger partial charge in [0.05, 0.1) is 5.92 Å². The Balaban J connectivity index is 1.70. The summed E-state index contributed by atoms with van der Waals surface area (Å²) in [6, 6.07) is 0. The maximum Gasteiger partial charge on any atom is 0.413 e. The molecule has 2 atom stereocenters. The third kappa shape index (κ3) is 6.56. The highest BCUT2D eigenvalue weighted by Crippen LogP contribution is 2.51. The number of carbonyl (C=O) groups is 1. The van der Waals surface area contributed by atoms with E-state index in [-0.39, 0.29) is 18.5 Å². The van der Waals surface area contributed by atoms with Gasteiger partial charge in [-0.25, -0.2) is 8.78 Å². The first kappa shape index (κ1) is 28.3. The normalized spacial score (nSPS) is 34.5. The molecule has 3 rings (SSSR count). The second kappa shape index (κ2) is 12.3. The summed E-state index contributed by atoms with van der Waals surface area (Å²) in [6.07, 6.45) is 7.00. The Morgan fingerprint density at radius 1 is 1.00 bits per heavy atom. The van der Waals surface area contributed by atoms with Crippen molar-refractivity contribution >= 4 is 6.29 Å². The third-order valence-corrected chi connectivity index (χ3v) is 8.75. The number of unbranched alkanes of at least 4 members (excludes halogenated alkanes) is 2. The molecule has 3 aliphatic carbocycles. The van der Waals surface area contributed by atoms with Crippen molar-refractivity contribution in [3.63, 3.8) is 0 Å². The highest BCUT2D eigenvalue weighted by Gasteiger charge is 2.56. The van der Waals surface area contributed by atoms with E-state index in [1.807, 2.05) is 0 Å². The molecule has 0 amide bonds. The molecular weight excluding hydrogens is 463 g/mol. The van der Waals surface area contributed by atoms with Gasteiger partial charge in [0.25, 0.3) is 0 Å². The average molecular weight is 505 g/mol. The standard InChI is InChI=1S/C28H41F5O2/c1-3-5-6-7-19-8-10-20(11-9-19)21-12-14-22(15-13-21)23-16-17-27(18-34,35-4-2)25(26(29)30)24(23)28(31,32)33/h16-22,25-26H,3-15H2,1-2H3. The van der Waals surface area contributed by atoms with Gasteiger partial charge in [-0.05, 0) is 80.8 Å². The van der Waals surface area contributed by atoms with Crippen LogP contribution in [0.4, 0.5) is 22.0 Å². The minimum Gasteiger partial charge on any atom is -0.363 e. The van der Waals surface area contributed by atoms with Crippen LogP contribution in [-0.2, 0) is 9.53 Å². The van der Waals surface area contributed by atoms with Crippen LogP contribution in [0.1, 0.15) is 90.9 Å². The molecule has 0 radical (unpaired) electrons. The summed E-state index contributed by atoms with van der Waals surface area (Å²) < 4.78 is 76.0. The van der Waals surface area contributed by atoms with Crippen molar-refractivity contribution in [3.05, 3.63) is 23.3 Å². The maximum absolute atomic E-state index is 14.2. The number of aldehydes is 1. The van der Waals surface area contributed by atoms with Crippen molar-refractivity contribution in [1.29, 1.82) is 0 Å². The summed E-state index contributed by atoms with van der Waals surface area (Å²) in [6.45, 7) is 3.56. The smallest absolute Gasteiger partial charge is 0.363 e. The molecule has 7 heteroatoms. The summed E-state index contributed by atoms with van der Waals surface area (Å²) in [4.78, 5) is 11.8. The molecule has 0 aliphatic heterocycles. The van der Waals surface area contributed by atoms with E-state index in [0.717, 1.165) is 24.8 Å². The zero-order valence-electron chi connectivity index (χ0n) is 21.1. The highest BCUT2D eigenvalue weighted by atomic mass is 19.4. The van der Waals surface area contributed by atoms with Crippen LogP contribution in [0.15, 0.2) is 23.3 Å². The molecule has 3 aliphatic rings. The second-order valence-electron chi connectivity index (χ2n) is 10.8. The molecule has 0 aromatic heterocycles. The zero-order chi connectivity index (χ0) is 25.6. The van der Waals surface area contributed by atoms with Crippen molar-refractivity contribution in [2.45, 2.75) is 109 Å². The first-order chi connectivity index (χ1) is 16.7. The molecule has 0 N–H and O–H groups in total. The van der Waals surface area contributed by atoms with E-state index in [1.165, 1.54) is 64.4 Å². The lowest BCUT2D eigenvalue weighted by atomic mass is 9.65. The number of hydrogen-bond donors (Lipinski definition) is 0. The van der Waals surface area contributed by atoms with Crippen molar-refractivity contribution in [1.82, 2.24) is 0 Å². The topological polar surface area (TPSA) is 26.3 Å². The fourth-order valence-corrected chi connectivity index (χ4v) is 6.90. The Kier molecular flexibility index (Phi) is 9.98. The van der Waals surface area contributed by atoms with Crippen molar-refractivity contribution < 1.29 is 31.5 Å². The molecule has 200 valence electrons. The molecule has 0 spiro atoms. The molecule has 0 aromatic rings. The van der Waals surface area contributed by atoms with Gasteiger partial charge in [-0.2, -0.15) is 13.2 Å². The van der Waals surface area contributed by atoms with Crippen LogP contribution < -0.4 is 0 Å². The van der Waals surface area contributed by atoms with E-state index in [2.05, 4.69) is 6.92 Å². The average Bonchev–Trinajstić information content (AvgIpc) is 2.84. The fraction of sp³-hybridized carbons (Fsp3) is 0.821. The van der Waals surface area contributed by atoms with Gasteiger partial charge in [-0.15, -0.1) is 0 Å². The molecule has 35 heavy (non-hydrogen) atoms. The molecule has 2 fully saturated rings. The van der Waals surface area contributed by atoms with E-state index >= 15 is 0 Å². The number of halogens is 5. The minimum atomic E-state index is -4.96. The SMILES string of the molecule is CCCCCC1CCC(C2CCC(C3=C(C(F)(F)F)C(C(F)F)C(C=O)(OCC)C=C3)CC2)CC1. The van der Waals surface area contributed by atoms with Gasteiger partial charge in [-0.1, -0.05) is 51.5 Å². The number of ether oxygens (including phenoxy) is 1. The monoisotopic (exact) mass is 504 g/mol. The van der Waals surface area contributed by atoms with Gasteiger partial charge in [0.2, 0.25) is 6.43 Å². The van der Waals surface area contributed by atoms with E-state index in [9.17, 15) is 26.7 Å². The Labute approximate surface area is 206 Å². The van der Waals surface area contributed by atoms with Gasteiger partial charge >= 0.3 is 6.18 Å². The van der Waals surface area contributed by atoms with E-state index < -0.39 is 35.6 Å². The van der Waals surface area contributed by atoms with Crippen LogP contribution in [0, 0.1) is 29.6 Å². The van der Waals surface area contributed by atoms with Crippen molar-refractivity contribution in [2.75, 3.05) is 6.61 Å². The van der Waals surface area contributed by atoms with Crippen molar-refractivity contribution in [3.8, 4) is 0 Å². The third-order valence-electron chi connectivity index (χ3n) is 8.75. The minimum absolute atomic E-state index is 0.0712. The molecule has 0 saturated heterocycles. The predicted molar refractivity (Wildman–Crippen MR) is 127 cm³/mol. The summed E-state index contributed by atoms with van der Waals surface area (Å²) in [5.74, 6) is -0.812. The van der Waals surface area contributed by atoms with Crippen LogP contribution >= 0.6 is 0 Å². The molecule has 2 saturated carbocycles. The maximum atomic E-state index is 14.2. The summed E-state index contributed by atoms with van der Waals surface area (Å²) in [5, 5.41) is 0. The molecule has 2 nitrogen and oxygen atoms in total. The number of allylic oxidation sites excluding steroid dienone is 2. The summed E-state index contributed by atoms with van der Waals surface area (Å²) in [5.41, 5.74) is -3.63. The van der Waals surface area contributed by atoms with Gasteiger partial charge in [0.1, 0.15) is 0 Å². The lowest BCUT2D eigenvalue weighted by molar-refractivity contribution is -0.152. The fourth-order valence-electron chi connectivity index (χ4n) is 6.90. The Bertz CT molecular complexity index is 743. The van der Waals surface area contributed by atoms with Gasteiger partial charge in [0.15, 0.2) is 11.9 Å². The van der Waals surface area contributed by atoms with Crippen LogP contribution in [0.25, 0.3) is 0 Å². The predicted octanol–water partition coefficient (Wildman–Crippen LogP) is 8.46. The molecule has 0 bridgehead atoms. The number of rotatable bonds is 10. The van der Waals surface area contributed by atoms with E-state index in [0.29, 0.717) is 24.7 Å². The molecule has 0 aromatic carbocycles. The van der Waals surface area contributed by atoms with Gasteiger partial charge < -0.3 is 4.74 Å². The van der Waals surface area contributed by atoms with Gasteiger partial charge in [-0.3, -0.25) is 4.79 Å².